The van der Waals surface area contributed by atoms with Gasteiger partial charge in [0.15, 0.2) is 5.66 Å². The molecular weight excluding hydrogens is 268 g/mol. The zero-order valence-electron chi connectivity index (χ0n) is 10.5. The molecule has 1 aliphatic heterocycles. The highest BCUT2D eigenvalue weighted by Crippen LogP contribution is 2.19. The smallest absolute Gasteiger partial charge is 0.339 e. The third-order valence-corrected chi connectivity index (χ3v) is 4.27. The lowest BCUT2D eigenvalue weighted by atomic mass is 10.1. The average molecular weight is 284 g/mol. The van der Waals surface area contributed by atoms with Crippen molar-refractivity contribution in [3.05, 3.63) is 29.8 Å². The van der Waals surface area contributed by atoms with Crippen LogP contribution in [0.5, 0.6) is 0 Å². The topological polar surface area (TPSA) is 98.5 Å². The van der Waals surface area contributed by atoms with Gasteiger partial charge in [0.1, 0.15) is 4.90 Å². The number of carbonyl (C=O) groups is 1. The number of hydrogen-bond acceptors (Lipinski definition) is 6. The van der Waals surface area contributed by atoms with Crippen LogP contribution in [-0.2, 0) is 19.1 Å². The highest BCUT2D eigenvalue weighted by atomic mass is 32.2. The second-order valence-corrected chi connectivity index (χ2v) is 6.19. The molecule has 0 aromatic heterocycles. The van der Waals surface area contributed by atoms with Gasteiger partial charge in [-0.1, -0.05) is 17.7 Å². The van der Waals surface area contributed by atoms with Crippen LogP contribution in [0.1, 0.15) is 18.4 Å². The van der Waals surface area contributed by atoms with E-state index in [0.29, 0.717) is 19.4 Å². The second kappa shape index (κ2) is 4.92. The number of carbonyl (C=O) groups excluding carboxylic acids is 1. The van der Waals surface area contributed by atoms with Gasteiger partial charge in [-0.2, -0.15) is 8.42 Å². The predicted octanol–water partition coefficient (Wildman–Crippen LogP) is 0.265. The molecule has 19 heavy (non-hydrogen) atoms. The lowest BCUT2D eigenvalue weighted by Crippen LogP contribution is -2.56. The molecule has 0 amide bonds. The van der Waals surface area contributed by atoms with E-state index in [2.05, 4.69) is 9.50 Å². The summed E-state index contributed by atoms with van der Waals surface area (Å²) >= 11 is 0. The molecule has 3 N–H and O–H groups in total. The molecule has 1 heterocycles. The van der Waals surface area contributed by atoms with Crippen molar-refractivity contribution in [2.45, 2.75) is 30.3 Å². The van der Waals surface area contributed by atoms with E-state index in [1.807, 2.05) is 6.92 Å². The Kier molecular flexibility index (Phi) is 3.62. The average Bonchev–Trinajstić information content (AvgIpc) is 2.77. The van der Waals surface area contributed by atoms with Gasteiger partial charge in [-0.15, -0.1) is 0 Å². The lowest BCUT2D eigenvalue weighted by molar-refractivity contribution is -0.140. The number of hydrogen-bond donors (Lipinski definition) is 2. The van der Waals surface area contributed by atoms with Crippen LogP contribution < -0.4 is 11.1 Å². The fourth-order valence-electron chi connectivity index (χ4n) is 1.87. The first kappa shape index (κ1) is 14.0. The molecule has 7 heteroatoms. The fourth-order valence-corrected chi connectivity index (χ4v) is 2.78. The van der Waals surface area contributed by atoms with Gasteiger partial charge in [0, 0.05) is 0 Å². The van der Waals surface area contributed by atoms with Gasteiger partial charge in [-0.25, -0.2) is 4.79 Å². The van der Waals surface area contributed by atoms with E-state index in [1.54, 1.807) is 12.1 Å². The first-order valence-electron chi connectivity index (χ1n) is 5.93. The summed E-state index contributed by atoms with van der Waals surface area (Å²) in [5.41, 5.74) is 5.27. The van der Waals surface area contributed by atoms with Gasteiger partial charge in [-0.3, -0.25) is 5.32 Å². The van der Waals surface area contributed by atoms with E-state index in [1.165, 1.54) is 12.1 Å². The van der Waals surface area contributed by atoms with Gasteiger partial charge in [0.05, 0.1) is 0 Å². The van der Waals surface area contributed by atoms with Crippen molar-refractivity contribution in [1.29, 1.82) is 0 Å². The summed E-state index contributed by atoms with van der Waals surface area (Å²) in [6.45, 7) is 2.40. The Hall–Kier alpha value is -1.44. The van der Waals surface area contributed by atoms with E-state index < -0.39 is 21.8 Å². The van der Waals surface area contributed by atoms with Crippen molar-refractivity contribution < 1.29 is 17.4 Å². The van der Waals surface area contributed by atoms with Crippen molar-refractivity contribution >= 4 is 16.1 Å². The minimum absolute atomic E-state index is 0.0620. The third kappa shape index (κ3) is 2.94. The minimum Gasteiger partial charge on any atom is -0.339 e. The maximum atomic E-state index is 11.9. The van der Waals surface area contributed by atoms with Crippen molar-refractivity contribution in [3.63, 3.8) is 0 Å². The summed E-state index contributed by atoms with van der Waals surface area (Å²) in [5.74, 6) is -0.967. The standard InChI is InChI=1S/C12H16N2O4S/c1-9-3-5-10(6-4-9)19(16,17)18-11(15)12(13)7-2-8-14-12/h3-6,14H,2,7-8,13H2,1H3/t12-/m0/s1. The molecule has 0 aliphatic carbocycles. The second-order valence-electron chi connectivity index (χ2n) is 4.64. The van der Waals surface area contributed by atoms with Gasteiger partial charge >= 0.3 is 16.1 Å². The van der Waals surface area contributed by atoms with Crippen molar-refractivity contribution in [1.82, 2.24) is 5.32 Å². The number of benzene rings is 1. The SMILES string of the molecule is Cc1ccc(S(=O)(=O)OC(=O)[C@]2(N)CCCN2)cc1. The molecule has 1 atom stereocenters. The largest absolute Gasteiger partial charge is 0.356 e. The van der Waals surface area contributed by atoms with Crippen LogP contribution in [0.3, 0.4) is 0 Å². The highest BCUT2D eigenvalue weighted by molar-refractivity contribution is 7.87. The Balaban J connectivity index is 2.17. The lowest BCUT2D eigenvalue weighted by Gasteiger charge is -2.21. The van der Waals surface area contributed by atoms with Crippen LogP contribution >= 0.6 is 0 Å². The normalized spacial score (nSPS) is 23.3. The predicted molar refractivity (Wildman–Crippen MR) is 68.6 cm³/mol. The molecule has 0 unspecified atom stereocenters. The van der Waals surface area contributed by atoms with Gasteiger partial charge in [-0.05, 0) is 38.4 Å². The molecule has 2 rings (SSSR count). The number of rotatable bonds is 3. The first-order chi connectivity index (χ1) is 8.83. The Morgan fingerprint density at radius 2 is 2.00 bits per heavy atom. The zero-order valence-corrected chi connectivity index (χ0v) is 11.4. The third-order valence-electron chi connectivity index (χ3n) is 3.05. The summed E-state index contributed by atoms with van der Waals surface area (Å²) in [4.78, 5) is 11.8. The molecule has 1 aromatic rings. The van der Waals surface area contributed by atoms with Crippen LogP contribution in [0.4, 0.5) is 0 Å². The molecule has 0 bridgehead atoms. The molecule has 1 aliphatic rings. The summed E-state index contributed by atoms with van der Waals surface area (Å²) in [5, 5.41) is 2.75. The van der Waals surface area contributed by atoms with E-state index in [4.69, 9.17) is 5.73 Å². The van der Waals surface area contributed by atoms with E-state index in [-0.39, 0.29) is 4.90 Å². The van der Waals surface area contributed by atoms with Crippen LogP contribution in [0.2, 0.25) is 0 Å². The molecule has 0 radical (unpaired) electrons. The van der Waals surface area contributed by atoms with E-state index >= 15 is 0 Å². The summed E-state index contributed by atoms with van der Waals surface area (Å²) in [6.07, 6.45) is 1.06. The highest BCUT2D eigenvalue weighted by Gasteiger charge is 2.41. The summed E-state index contributed by atoms with van der Waals surface area (Å²) in [6, 6.07) is 6.05. The van der Waals surface area contributed by atoms with Crippen LogP contribution in [-0.4, -0.2) is 26.6 Å². The van der Waals surface area contributed by atoms with E-state index in [9.17, 15) is 13.2 Å². The quantitative estimate of drug-likeness (QED) is 0.773. The van der Waals surface area contributed by atoms with Crippen molar-refractivity contribution in [3.8, 4) is 0 Å². The first-order valence-corrected chi connectivity index (χ1v) is 7.34. The molecule has 1 fully saturated rings. The zero-order chi connectivity index (χ0) is 14.1. The monoisotopic (exact) mass is 284 g/mol. The van der Waals surface area contributed by atoms with Crippen molar-refractivity contribution in [2.24, 2.45) is 5.73 Å². The maximum absolute atomic E-state index is 11.9. The minimum atomic E-state index is -4.12. The van der Waals surface area contributed by atoms with Crippen LogP contribution in [0, 0.1) is 6.92 Å². The molecule has 0 spiro atoms. The van der Waals surface area contributed by atoms with Gasteiger partial charge in [0.25, 0.3) is 0 Å². The van der Waals surface area contributed by atoms with Gasteiger partial charge in [0.2, 0.25) is 0 Å². The molecule has 104 valence electrons. The molecule has 1 saturated heterocycles. The van der Waals surface area contributed by atoms with Crippen molar-refractivity contribution in [2.75, 3.05) is 6.54 Å². The molecule has 1 aromatic carbocycles. The fraction of sp³-hybridized carbons (Fsp3) is 0.417. The Morgan fingerprint density at radius 3 is 2.53 bits per heavy atom. The molecule has 0 saturated carbocycles. The maximum Gasteiger partial charge on any atom is 0.356 e. The van der Waals surface area contributed by atoms with Crippen LogP contribution in [0.25, 0.3) is 0 Å². The number of aryl methyl sites for hydroxylation is 1. The summed E-state index contributed by atoms with van der Waals surface area (Å²) < 4.78 is 28.4. The van der Waals surface area contributed by atoms with Crippen LogP contribution in [0.15, 0.2) is 29.2 Å². The Morgan fingerprint density at radius 1 is 1.37 bits per heavy atom. The summed E-state index contributed by atoms with van der Waals surface area (Å²) in [7, 11) is -4.12. The molecular formula is C12H16N2O4S. The van der Waals surface area contributed by atoms with E-state index in [0.717, 1.165) is 5.56 Å². The Labute approximate surface area is 112 Å². The number of nitrogens with two attached hydrogens (primary N) is 1. The van der Waals surface area contributed by atoms with Gasteiger partial charge < -0.3 is 9.92 Å². The number of nitrogens with one attached hydrogen (secondary N) is 1. The Bertz CT molecular complexity index is 574. The molecule has 6 nitrogen and oxygen atoms in total.